The zero-order chi connectivity index (χ0) is 20.1. The summed E-state index contributed by atoms with van der Waals surface area (Å²) in [5, 5.41) is 5.37. The van der Waals surface area contributed by atoms with Crippen LogP contribution in [0.2, 0.25) is 0 Å². The smallest absolute Gasteiger partial charge is 0.254 e. The van der Waals surface area contributed by atoms with Crippen LogP contribution in [0.4, 0.5) is 4.39 Å². The third-order valence-corrected chi connectivity index (χ3v) is 4.44. The highest BCUT2D eigenvalue weighted by Crippen LogP contribution is 2.34. The van der Waals surface area contributed by atoms with Crippen molar-refractivity contribution >= 4 is 11.8 Å². The Morgan fingerprint density at radius 3 is 2.50 bits per heavy atom. The number of carbonyl (C=O) groups excluding carboxylic acids is 2. The number of ether oxygens (including phenoxy) is 2. The molecule has 0 aliphatic carbocycles. The van der Waals surface area contributed by atoms with Gasteiger partial charge in [0.25, 0.3) is 5.91 Å². The van der Waals surface area contributed by atoms with Gasteiger partial charge in [-0.25, -0.2) is 4.39 Å². The minimum Gasteiger partial charge on any atom is -0.486 e. The van der Waals surface area contributed by atoms with E-state index in [0.29, 0.717) is 24.7 Å². The first kappa shape index (κ1) is 19.7. The van der Waals surface area contributed by atoms with Gasteiger partial charge in [-0.05, 0) is 35.7 Å². The van der Waals surface area contributed by atoms with Crippen LogP contribution in [0.5, 0.6) is 11.5 Å². The summed E-state index contributed by atoms with van der Waals surface area (Å²) in [6.45, 7) is 4.72. The highest BCUT2D eigenvalue weighted by Gasteiger charge is 2.22. The lowest BCUT2D eigenvalue weighted by atomic mass is 9.95. The lowest BCUT2D eigenvalue weighted by Crippen LogP contribution is -2.40. The van der Waals surface area contributed by atoms with Gasteiger partial charge in [0.05, 0.1) is 18.2 Å². The van der Waals surface area contributed by atoms with Crippen LogP contribution < -0.4 is 20.1 Å². The molecule has 0 saturated carbocycles. The molecule has 2 N–H and O–H groups in total. The SMILES string of the molecule is CC(C)[C@@H](NC(=O)CNC(=O)c1ccccc1F)c1ccc2c(c1)OCCO2. The number of hydrogen-bond donors (Lipinski definition) is 2. The standard InChI is InChI=1S/C21H23FN2O4/c1-13(2)20(14-7-8-17-18(11-14)28-10-9-27-17)24-19(25)12-23-21(26)15-5-3-4-6-16(15)22/h3-8,11,13,20H,9-10,12H2,1-2H3,(H,23,26)(H,24,25)/t20-/m1/s1. The van der Waals surface area contributed by atoms with Crippen molar-refractivity contribution in [2.75, 3.05) is 19.8 Å². The Morgan fingerprint density at radius 1 is 1.07 bits per heavy atom. The zero-order valence-corrected chi connectivity index (χ0v) is 15.8. The Labute approximate surface area is 163 Å². The van der Waals surface area contributed by atoms with Gasteiger partial charge in [-0.1, -0.05) is 32.0 Å². The van der Waals surface area contributed by atoms with E-state index < -0.39 is 11.7 Å². The van der Waals surface area contributed by atoms with Crippen LogP contribution in [0.1, 0.15) is 35.8 Å². The molecular formula is C21H23FN2O4. The fourth-order valence-corrected chi connectivity index (χ4v) is 3.01. The first-order chi connectivity index (χ1) is 13.5. The maximum Gasteiger partial charge on any atom is 0.254 e. The Bertz CT molecular complexity index is 869. The Kier molecular flexibility index (Phi) is 6.13. The van der Waals surface area contributed by atoms with Gasteiger partial charge in [-0.3, -0.25) is 9.59 Å². The summed E-state index contributed by atoms with van der Waals surface area (Å²) in [6.07, 6.45) is 0. The van der Waals surface area contributed by atoms with E-state index in [1.54, 1.807) is 6.07 Å². The highest BCUT2D eigenvalue weighted by atomic mass is 19.1. The van der Waals surface area contributed by atoms with E-state index in [1.165, 1.54) is 18.2 Å². The predicted octanol–water partition coefficient (Wildman–Crippen LogP) is 2.84. The van der Waals surface area contributed by atoms with Gasteiger partial charge < -0.3 is 20.1 Å². The molecule has 0 saturated heterocycles. The maximum absolute atomic E-state index is 13.7. The molecule has 2 aromatic rings. The molecule has 1 heterocycles. The molecule has 2 amide bonds. The van der Waals surface area contributed by atoms with Gasteiger partial charge in [0.15, 0.2) is 11.5 Å². The fourth-order valence-electron chi connectivity index (χ4n) is 3.01. The number of amides is 2. The molecule has 1 atom stereocenters. The second-order valence-corrected chi connectivity index (χ2v) is 6.85. The van der Waals surface area contributed by atoms with Crippen molar-refractivity contribution in [3.8, 4) is 11.5 Å². The summed E-state index contributed by atoms with van der Waals surface area (Å²) in [7, 11) is 0. The normalized spacial score (nSPS) is 13.7. The second-order valence-electron chi connectivity index (χ2n) is 6.85. The van der Waals surface area contributed by atoms with Gasteiger partial charge >= 0.3 is 0 Å². The van der Waals surface area contributed by atoms with Crippen LogP contribution in [-0.4, -0.2) is 31.6 Å². The first-order valence-corrected chi connectivity index (χ1v) is 9.17. The van der Waals surface area contributed by atoms with Gasteiger partial charge in [0, 0.05) is 0 Å². The summed E-state index contributed by atoms with van der Waals surface area (Å²) < 4.78 is 24.8. The zero-order valence-electron chi connectivity index (χ0n) is 15.8. The second kappa shape index (κ2) is 8.73. The Balaban J connectivity index is 1.63. The number of nitrogens with one attached hydrogen (secondary N) is 2. The number of hydrogen-bond acceptors (Lipinski definition) is 4. The molecule has 3 rings (SSSR count). The van der Waals surface area contributed by atoms with Crippen LogP contribution in [0.15, 0.2) is 42.5 Å². The molecule has 7 heteroatoms. The lowest BCUT2D eigenvalue weighted by Gasteiger charge is -2.25. The van der Waals surface area contributed by atoms with Crippen molar-refractivity contribution in [2.24, 2.45) is 5.92 Å². The topological polar surface area (TPSA) is 76.7 Å². The van der Waals surface area contributed by atoms with Crippen LogP contribution >= 0.6 is 0 Å². The molecule has 1 aliphatic rings. The van der Waals surface area contributed by atoms with Crippen molar-refractivity contribution in [3.63, 3.8) is 0 Å². The van der Waals surface area contributed by atoms with Crippen LogP contribution in [0.3, 0.4) is 0 Å². The van der Waals surface area contributed by atoms with Gasteiger partial charge in [-0.2, -0.15) is 0 Å². The minimum atomic E-state index is -0.631. The summed E-state index contributed by atoms with van der Waals surface area (Å²) in [5.41, 5.74) is 0.788. The van der Waals surface area contributed by atoms with Gasteiger partial charge in [0.2, 0.25) is 5.91 Å². The van der Waals surface area contributed by atoms with E-state index in [4.69, 9.17) is 9.47 Å². The molecule has 0 fully saturated rings. The van der Waals surface area contributed by atoms with Crippen LogP contribution in [0, 0.1) is 11.7 Å². The Morgan fingerprint density at radius 2 is 1.79 bits per heavy atom. The molecular weight excluding hydrogens is 363 g/mol. The highest BCUT2D eigenvalue weighted by molar-refractivity contribution is 5.96. The van der Waals surface area contributed by atoms with E-state index in [2.05, 4.69) is 10.6 Å². The molecule has 148 valence electrons. The largest absolute Gasteiger partial charge is 0.486 e. The number of halogens is 1. The molecule has 28 heavy (non-hydrogen) atoms. The molecule has 0 spiro atoms. The molecule has 0 unspecified atom stereocenters. The predicted molar refractivity (Wildman–Crippen MR) is 102 cm³/mol. The van der Waals surface area contributed by atoms with Crippen molar-refractivity contribution in [2.45, 2.75) is 19.9 Å². The quantitative estimate of drug-likeness (QED) is 0.800. The molecule has 0 bridgehead atoms. The third kappa shape index (κ3) is 4.60. The van der Waals surface area contributed by atoms with Crippen LogP contribution in [0.25, 0.3) is 0 Å². The van der Waals surface area contributed by atoms with Crippen molar-refractivity contribution < 1.29 is 23.5 Å². The van der Waals surface area contributed by atoms with Gasteiger partial charge in [-0.15, -0.1) is 0 Å². The summed E-state index contributed by atoms with van der Waals surface area (Å²) in [5.74, 6) is -0.185. The molecule has 0 aromatic heterocycles. The lowest BCUT2D eigenvalue weighted by molar-refractivity contribution is -0.121. The minimum absolute atomic E-state index is 0.0949. The first-order valence-electron chi connectivity index (χ1n) is 9.17. The molecule has 0 radical (unpaired) electrons. The van der Waals surface area contributed by atoms with Crippen molar-refractivity contribution in [1.82, 2.24) is 10.6 Å². The van der Waals surface area contributed by atoms with Gasteiger partial charge in [0.1, 0.15) is 19.0 Å². The van der Waals surface area contributed by atoms with E-state index in [9.17, 15) is 14.0 Å². The number of benzene rings is 2. The summed E-state index contributed by atoms with van der Waals surface area (Å²) >= 11 is 0. The molecule has 6 nitrogen and oxygen atoms in total. The fraction of sp³-hybridized carbons (Fsp3) is 0.333. The molecule has 1 aliphatic heterocycles. The number of fused-ring (bicyclic) bond motifs is 1. The Hall–Kier alpha value is -3.09. The van der Waals surface area contributed by atoms with E-state index >= 15 is 0 Å². The average molecular weight is 386 g/mol. The monoisotopic (exact) mass is 386 g/mol. The average Bonchev–Trinajstić information content (AvgIpc) is 2.70. The summed E-state index contributed by atoms with van der Waals surface area (Å²) in [6, 6.07) is 10.9. The summed E-state index contributed by atoms with van der Waals surface area (Å²) in [4.78, 5) is 24.4. The van der Waals surface area contributed by atoms with E-state index in [1.807, 2.05) is 32.0 Å². The van der Waals surface area contributed by atoms with E-state index in [0.717, 1.165) is 5.56 Å². The number of carbonyl (C=O) groups is 2. The third-order valence-electron chi connectivity index (χ3n) is 4.44. The van der Waals surface area contributed by atoms with Crippen molar-refractivity contribution in [3.05, 3.63) is 59.4 Å². The molecule has 2 aromatic carbocycles. The van der Waals surface area contributed by atoms with Crippen LogP contribution in [-0.2, 0) is 4.79 Å². The van der Waals surface area contributed by atoms with Crippen molar-refractivity contribution in [1.29, 1.82) is 0 Å². The maximum atomic E-state index is 13.7. The number of rotatable bonds is 6. The van der Waals surface area contributed by atoms with E-state index in [-0.39, 0.29) is 30.0 Å².